The van der Waals surface area contributed by atoms with Crippen molar-refractivity contribution in [2.45, 2.75) is 17.4 Å². The Morgan fingerprint density at radius 2 is 2.15 bits per heavy atom. The van der Waals surface area contributed by atoms with Crippen LogP contribution < -0.4 is 0 Å². The lowest BCUT2D eigenvalue weighted by molar-refractivity contribution is -0.145. The van der Waals surface area contributed by atoms with Crippen molar-refractivity contribution in [3.63, 3.8) is 0 Å². The van der Waals surface area contributed by atoms with Crippen LogP contribution in [-0.4, -0.2) is 39.3 Å². The zero-order chi connectivity index (χ0) is 14.9. The van der Waals surface area contributed by atoms with E-state index in [9.17, 15) is 18.0 Å². The number of esters is 2. The summed E-state index contributed by atoms with van der Waals surface area (Å²) in [5.74, 6) is -1.47. The maximum atomic E-state index is 11.9. The largest absolute Gasteiger partial charge is 0.463 e. The number of ether oxygens (including phenoxy) is 2. The van der Waals surface area contributed by atoms with E-state index in [1.54, 1.807) is 0 Å². The quantitative estimate of drug-likeness (QED) is 0.779. The molecular formula is C12H11ClO6S. The molecule has 1 heterocycles. The minimum Gasteiger partial charge on any atom is -0.463 e. The second kappa shape index (κ2) is 5.41. The zero-order valence-electron chi connectivity index (χ0n) is 10.5. The summed E-state index contributed by atoms with van der Waals surface area (Å²) in [7, 11) is -3.47. The Morgan fingerprint density at radius 3 is 2.70 bits per heavy atom. The molecule has 0 N–H and O–H groups in total. The highest BCUT2D eigenvalue weighted by atomic mass is 35.5. The van der Waals surface area contributed by atoms with Crippen molar-refractivity contribution in [3.05, 3.63) is 28.8 Å². The lowest BCUT2D eigenvalue weighted by Crippen LogP contribution is -2.23. The van der Waals surface area contributed by atoms with Crippen LogP contribution in [0.25, 0.3) is 0 Å². The predicted octanol–water partition coefficient (Wildman–Crippen LogP) is 1.22. The van der Waals surface area contributed by atoms with Gasteiger partial charge in [0.2, 0.25) is 6.10 Å². The van der Waals surface area contributed by atoms with Crippen LogP contribution in [0.4, 0.5) is 0 Å². The number of carbonyl (C=O) groups excluding carboxylic acids is 2. The molecule has 1 aromatic carbocycles. The fraction of sp³-hybridized carbons (Fsp3) is 0.333. The van der Waals surface area contributed by atoms with Crippen LogP contribution in [0.3, 0.4) is 0 Å². The van der Waals surface area contributed by atoms with Gasteiger partial charge in [-0.05, 0) is 18.2 Å². The Balaban J connectivity index is 2.27. The molecule has 1 aromatic rings. The third-order valence-electron chi connectivity index (χ3n) is 2.72. The van der Waals surface area contributed by atoms with Crippen molar-refractivity contribution in [2.75, 3.05) is 12.9 Å². The van der Waals surface area contributed by atoms with Crippen molar-refractivity contribution in [3.8, 4) is 0 Å². The minimum absolute atomic E-state index is 0.0498. The maximum Gasteiger partial charge on any atom is 0.347 e. The van der Waals surface area contributed by atoms with Crippen LogP contribution in [0.5, 0.6) is 0 Å². The number of hydrogen-bond donors (Lipinski definition) is 0. The first-order valence-corrected chi connectivity index (χ1v) is 7.93. The average Bonchev–Trinajstić information content (AvgIpc) is 2.74. The summed E-state index contributed by atoms with van der Waals surface area (Å²) in [6, 6.07) is 3.71. The average molecular weight is 319 g/mol. The molecule has 1 aliphatic heterocycles. The van der Waals surface area contributed by atoms with Crippen LogP contribution in [0.2, 0.25) is 5.02 Å². The summed E-state index contributed by atoms with van der Waals surface area (Å²) in [5, 5.41) is 0.0498. The first-order chi connectivity index (χ1) is 9.29. The highest BCUT2D eigenvalue weighted by molar-refractivity contribution is 7.90. The second-order valence-corrected chi connectivity index (χ2v) is 6.69. The number of rotatable bonds is 3. The van der Waals surface area contributed by atoms with Gasteiger partial charge < -0.3 is 9.47 Å². The summed E-state index contributed by atoms with van der Waals surface area (Å²) >= 11 is 5.85. The number of sulfone groups is 1. The van der Waals surface area contributed by atoms with Gasteiger partial charge in [-0.1, -0.05) is 11.6 Å². The standard InChI is InChI=1S/C12H11ClO6S/c1-20(16,17)7-2-3-9(13)8(6-7)11(14)19-10-4-5-18-12(10)15/h2-3,6,10H,4-5H2,1H3. The molecule has 20 heavy (non-hydrogen) atoms. The first-order valence-electron chi connectivity index (χ1n) is 5.66. The summed E-state index contributed by atoms with van der Waals surface area (Å²) in [6.07, 6.45) is 0.314. The Labute approximate surface area is 120 Å². The number of benzene rings is 1. The molecule has 8 heteroatoms. The van der Waals surface area contributed by atoms with Crippen LogP contribution in [-0.2, 0) is 24.1 Å². The number of halogens is 1. The van der Waals surface area contributed by atoms with Crippen LogP contribution in [0.15, 0.2) is 23.1 Å². The highest BCUT2D eigenvalue weighted by Crippen LogP contribution is 2.23. The van der Waals surface area contributed by atoms with Gasteiger partial charge in [-0.2, -0.15) is 0 Å². The highest BCUT2D eigenvalue weighted by Gasteiger charge is 2.31. The molecule has 1 atom stereocenters. The molecule has 0 amide bonds. The summed E-state index contributed by atoms with van der Waals surface area (Å²) in [4.78, 5) is 23.1. The fourth-order valence-electron chi connectivity index (χ4n) is 1.67. The molecule has 0 radical (unpaired) electrons. The summed E-state index contributed by atoms with van der Waals surface area (Å²) in [5.41, 5.74) is -0.103. The fourth-order valence-corrected chi connectivity index (χ4v) is 2.51. The van der Waals surface area contributed by atoms with E-state index in [1.165, 1.54) is 12.1 Å². The molecule has 0 aliphatic carbocycles. The van der Waals surface area contributed by atoms with E-state index < -0.39 is 27.9 Å². The molecule has 0 aromatic heterocycles. The van der Waals surface area contributed by atoms with Crippen molar-refractivity contribution in [2.24, 2.45) is 0 Å². The van der Waals surface area contributed by atoms with Crippen LogP contribution in [0.1, 0.15) is 16.8 Å². The lowest BCUT2D eigenvalue weighted by Gasteiger charge is -2.10. The van der Waals surface area contributed by atoms with Gasteiger partial charge >= 0.3 is 11.9 Å². The van der Waals surface area contributed by atoms with Crippen molar-refractivity contribution in [1.29, 1.82) is 0 Å². The van der Waals surface area contributed by atoms with E-state index in [1.807, 2.05) is 0 Å². The Hall–Kier alpha value is -1.60. The smallest absolute Gasteiger partial charge is 0.347 e. The lowest BCUT2D eigenvalue weighted by atomic mass is 10.2. The number of hydrogen-bond acceptors (Lipinski definition) is 6. The van der Waals surface area contributed by atoms with E-state index in [2.05, 4.69) is 4.74 Å². The van der Waals surface area contributed by atoms with Gasteiger partial charge in [0.05, 0.1) is 22.1 Å². The molecule has 0 saturated carbocycles. The van der Waals surface area contributed by atoms with Gasteiger partial charge in [-0.3, -0.25) is 0 Å². The molecule has 108 valence electrons. The van der Waals surface area contributed by atoms with E-state index >= 15 is 0 Å². The van der Waals surface area contributed by atoms with Crippen molar-refractivity contribution < 1.29 is 27.5 Å². The molecule has 6 nitrogen and oxygen atoms in total. The Bertz CT molecular complexity index is 667. The topological polar surface area (TPSA) is 86.7 Å². The number of cyclic esters (lactones) is 1. The van der Waals surface area contributed by atoms with Gasteiger partial charge in [0, 0.05) is 12.7 Å². The normalized spacial score (nSPS) is 18.7. The van der Waals surface area contributed by atoms with Gasteiger partial charge in [0.25, 0.3) is 0 Å². The Kier molecular flexibility index (Phi) is 4.01. The zero-order valence-corrected chi connectivity index (χ0v) is 12.0. The van der Waals surface area contributed by atoms with Gasteiger partial charge in [0.1, 0.15) is 0 Å². The third kappa shape index (κ3) is 3.10. The SMILES string of the molecule is CS(=O)(=O)c1ccc(Cl)c(C(=O)OC2CCOC2=O)c1. The molecule has 0 spiro atoms. The van der Waals surface area contributed by atoms with E-state index in [0.29, 0.717) is 0 Å². The van der Waals surface area contributed by atoms with Gasteiger partial charge in [-0.25, -0.2) is 18.0 Å². The minimum atomic E-state index is -3.47. The van der Waals surface area contributed by atoms with E-state index in [-0.39, 0.29) is 28.5 Å². The molecular weight excluding hydrogens is 308 g/mol. The monoisotopic (exact) mass is 318 g/mol. The van der Waals surface area contributed by atoms with Crippen LogP contribution >= 0.6 is 11.6 Å². The third-order valence-corrected chi connectivity index (χ3v) is 4.16. The second-order valence-electron chi connectivity index (χ2n) is 4.26. The molecule has 1 fully saturated rings. The molecule has 1 saturated heterocycles. The molecule has 1 unspecified atom stereocenters. The van der Waals surface area contributed by atoms with Crippen LogP contribution in [0, 0.1) is 0 Å². The molecule has 0 bridgehead atoms. The van der Waals surface area contributed by atoms with Crippen molar-refractivity contribution in [1.82, 2.24) is 0 Å². The van der Waals surface area contributed by atoms with Gasteiger partial charge in [0.15, 0.2) is 9.84 Å². The maximum absolute atomic E-state index is 11.9. The first kappa shape index (κ1) is 14.8. The van der Waals surface area contributed by atoms with E-state index in [0.717, 1.165) is 12.3 Å². The van der Waals surface area contributed by atoms with Gasteiger partial charge in [-0.15, -0.1) is 0 Å². The summed E-state index contributed by atoms with van der Waals surface area (Å²) in [6.45, 7) is 0.188. The summed E-state index contributed by atoms with van der Waals surface area (Å²) < 4.78 is 32.5. The molecule has 2 rings (SSSR count). The van der Waals surface area contributed by atoms with E-state index in [4.69, 9.17) is 16.3 Å². The predicted molar refractivity (Wildman–Crippen MR) is 69.3 cm³/mol. The molecule has 1 aliphatic rings. The number of carbonyl (C=O) groups is 2. The van der Waals surface area contributed by atoms with Crippen molar-refractivity contribution >= 4 is 33.4 Å². The Morgan fingerprint density at radius 1 is 1.45 bits per heavy atom.